The van der Waals surface area contributed by atoms with Gasteiger partial charge in [0.15, 0.2) is 6.61 Å². The van der Waals surface area contributed by atoms with Gasteiger partial charge in [-0.3, -0.25) is 4.79 Å². The van der Waals surface area contributed by atoms with Gasteiger partial charge in [0.1, 0.15) is 10.8 Å². The van der Waals surface area contributed by atoms with E-state index in [1.54, 1.807) is 37.3 Å². The lowest BCUT2D eigenvalue weighted by Gasteiger charge is -2.08. The zero-order chi connectivity index (χ0) is 20.6. The average Bonchev–Trinajstić information content (AvgIpc) is 3.10. The molecule has 0 aliphatic heterocycles. The van der Waals surface area contributed by atoms with Crippen molar-refractivity contribution in [1.82, 2.24) is 0 Å². The van der Waals surface area contributed by atoms with Gasteiger partial charge in [-0.15, -0.1) is 11.3 Å². The van der Waals surface area contributed by atoms with E-state index in [1.165, 1.54) is 11.3 Å². The molecule has 0 fully saturated rings. The minimum atomic E-state index is -0.461. The van der Waals surface area contributed by atoms with E-state index in [4.69, 9.17) is 21.1 Å². The number of hydrogen-bond donors (Lipinski definition) is 1. The lowest BCUT2D eigenvalue weighted by Crippen LogP contribution is -2.21. The van der Waals surface area contributed by atoms with Gasteiger partial charge in [-0.2, -0.15) is 0 Å². The van der Waals surface area contributed by atoms with E-state index in [2.05, 4.69) is 5.32 Å². The smallest absolute Gasteiger partial charge is 0.341 e. The standard InChI is InChI=1S/C22H20ClNO4S/c1-2-27-22(26)19-13-18(12-15-6-4-3-5-7-15)29-21(19)24-20(25)14-28-17-10-8-16(23)9-11-17/h3-11,13H,2,12,14H2,1H3,(H,24,25). The molecule has 29 heavy (non-hydrogen) atoms. The molecule has 7 heteroatoms. The van der Waals surface area contributed by atoms with E-state index in [9.17, 15) is 9.59 Å². The van der Waals surface area contributed by atoms with Crippen molar-refractivity contribution in [3.05, 3.63) is 81.7 Å². The SMILES string of the molecule is CCOC(=O)c1cc(Cc2ccccc2)sc1NC(=O)COc1ccc(Cl)cc1. The first kappa shape index (κ1) is 20.9. The van der Waals surface area contributed by atoms with Crippen LogP contribution in [-0.4, -0.2) is 25.1 Å². The normalized spacial score (nSPS) is 10.4. The van der Waals surface area contributed by atoms with Crippen LogP contribution in [0.4, 0.5) is 5.00 Å². The summed E-state index contributed by atoms with van der Waals surface area (Å²) < 4.78 is 10.6. The van der Waals surface area contributed by atoms with Crippen LogP contribution >= 0.6 is 22.9 Å². The first-order valence-electron chi connectivity index (χ1n) is 9.07. The van der Waals surface area contributed by atoms with Crippen molar-refractivity contribution in [3.8, 4) is 5.75 Å². The highest BCUT2D eigenvalue weighted by molar-refractivity contribution is 7.16. The number of amides is 1. The van der Waals surface area contributed by atoms with E-state index in [-0.39, 0.29) is 19.1 Å². The molecule has 0 bridgehead atoms. The number of benzene rings is 2. The first-order chi connectivity index (χ1) is 14.0. The van der Waals surface area contributed by atoms with Crippen molar-refractivity contribution in [1.29, 1.82) is 0 Å². The van der Waals surface area contributed by atoms with Crippen molar-refractivity contribution in [2.24, 2.45) is 0 Å². The van der Waals surface area contributed by atoms with Crippen LogP contribution in [-0.2, 0) is 16.0 Å². The Hall–Kier alpha value is -2.83. The van der Waals surface area contributed by atoms with Crippen molar-refractivity contribution in [3.63, 3.8) is 0 Å². The maximum Gasteiger partial charge on any atom is 0.341 e. The molecule has 1 heterocycles. The molecule has 0 atom stereocenters. The van der Waals surface area contributed by atoms with Crippen LogP contribution in [0.5, 0.6) is 5.75 Å². The Balaban J connectivity index is 1.70. The highest BCUT2D eigenvalue weighted by atomic mass is 35.5. The maximum absolute atomic E-state index is 12.3. The lowest BCUT2D eigenvalue weighted by molar-refractivity contribution is -0.118. The molecule has 3 aromatic rings. The molecule has 1 aromatic heterocycles. The molecule has 0 aliphatic carbocycles. The largest absolute Gasteiger partial charge is 0.484 e. The first-order valence-corrected chi connectivity index (χ1v) is 10.3. The summed E-state index contributed by atoms with van der Waals surface area (Å²) in [6.45, 7) is 1.82. The molecular weight excluding hydrogens is 410 g/mol. The van der Waals surface area contributed by atoms with Gasteiger partial charge in [0.05, 0.1) is 12.2 Å². The second-order valence-corrected chi connectivity index (χ2v) is 7.70. The fourth-order valence-electron chi connectivity index (χ4n) is 2.62. The highest BCUT2D eigenvalue weighted by Gasteiger charge is 2.19. The molecule has 0 spiro atoms. The monoisotopic (exact) mass is 429 g/mol. The summed E-state index contributed by atoms with van der Waals surface area (Å²) in [6, 6.07) is 18.4. The minimum Gasteiger partial charge on any atom is -0.484 e. The van der Waals surface area contributed by atoms with E-state index in [0.717, 1.165) is 10.4 Å². The van der Waals surface area contributed by atoms with Gasteiger partial charge in [-0.1, -0.05) is 41.9 Å². The molecular formula is C22H20ClNO4S. The second kappa shape index (κ2) is 10.1. The predicted molar refractivity (Wildman–Crippen MR) is 115 cm³/mol. The molecule has 0 aliphatic rings. The lowest BCUT2D eigenvalue weighted by atomic mass is 10.1. The number of halogens is 1. The Labute approximate surface area is 178 Å². The third-order valence-electron chi connectivity index (χ3n) is 3.94. The Kier molecular flexibility index (Phi) is 7.27. The van der Waals surface area contributed by atoms with Crippen LogP contribution in [0.3, 0.4) is 0 Å². The van der Waals surface area contributed by atoms with Gasteiger partial charge in [0, 0.05) is 16.3 Å². The Morgan fingerprint density at radius 3 is 2.48 bits per heavy atom. The van der Waals surface area contributed by atoms with E-state index in [1.807, 2.05) is 30.3 Å². The highest BCUT2D eigenvalue weighted by Crippen LogP contribution is 2.30. The number of hydrogen-bond acceptors (Lipinski definition) is 5. The van der Waals surface area contributed by atoms with Crippen LogP contribution in [0, 0.1) is 0 Å². The molecule has 150 valence electrons. The van der Waals surface area contributed by atoms with E-state index < -0.39 is 5.97 Å². The molecule has 3 rings (SSSR count). The predicted octanol–water partition coefficient (Wildman–Crippen LogP) is 5.19. The zero-order valence-corrected chi connectivity index (χ0v) is 17.4. The number of esters is 1. The van der Waals surface area contributed by atoms with Gasteiger partial charge in [0.25, 0.3) is 5.91 Å². The van der Waals surface area contributed by atoms with Gasteiger partial charge >= 0.3 is 5.97 Å². The molecule has 0 saturated heterocycles. The van der Waals surface area contributed by atoms with Crippen molar-refractivity contribution < 1.29 is 19.1 Å². The molecule has 0 saturated carbocycles. The average molecular weight is 430 g/mol. The fourth-order valence-corrected chi connectivity index (χ4v) is 3.84. The molecule has 2 aromatic carbocycles. The quantitative estimate of drug-likeness (QED) is 0.500. The van der Waals surface area contributed by atoms with Gasteiger partial charge in [0.2, 0.25) is 0 Å². The van der Waals surface area contributed by atoms with E-state index in [0.29, 0.717) is 27.8 Å². The second-order valence-electron chi connectivity index (χ2n) is 6.13. The fraction of sp³-hybridized carbons (Fsp3) is 0.182. The summed E-state index contributed by atoms with van der Waals surface area (Å²) in [5, 5.41) is 3.81. The van der Waals surface area contributed by atoms with Gasteiger partial charge in [-0.25, -0.2) is 4.79 Å². The summed E-state index contributed by atoms with van der Waals surface area (Å²) in [7, 11) is 0. The topological polar surface area (TPSA) is 64.6 Å². The van der Waals surface area contributed by atoms with Crippen molar-refractivity contribution >= 4 is 39.8 Å². The third-order valence-corrected chi connectivity index (χ3v) is 5.24. The Morgan fingerprint density at radius 2 is 1.79 bits per heavy atom. The van der Waals surface area contributed by atoms with Crippen LogP contribution in [0.2, 0.25) is 5.02 Å². The summed E-state index contributed by atoms with van der Waals surface area (Å²) in [5.41, 5.74) is 1.47. The number of thiophene rings is 1. The summed E-state index contributed by atoms with van der Waals surface area (Å²) in [6.07, 6.45) is 0.662. The van der Waals surface area contributed by atoms with Crippen molar-refractivity contribution in [2.45, 2.75) is 13.3 Å². The minimum absolute atomic E-state index is 0.185. The molecule has 0 unspecified atom stereocenters. The van der Waals surface area contributed by atoms with Crippen LogP contribution in [0.1, 0.15) is 27.7 Å². The molecule has 0 radical (unpaired) electrons. The number of nitrogens with one attached hydrogen (secondary N) is 1. The van der Waals surface area contributed by atoms with Gasteiger partial charge in [-0.05, 0) is 42.8 Å². The number of ether oxygens (including phenoxy) is 2. The third kappa shape index (κ3) is 6.07. The summed E-state index contributed by atoms with van der Waals surface area (Å²) in [5.74, 6) is -0.290. The van der Waals surface area contributed by atoms with Gasteiger partial charge < -0.3 is 14.8 Å². The number of anilines is 1. The summed E-state index contributed by atoms with van der Waals surface area (Å²) in [4.78, 5) is 25.6. The molecule has 5 nitrogen and oxygen atoms in total. The Bertz CT molecular complexity index is 970. The summed E-state index contributed by atoms with van der Waals surface area (Å²) >= 11 is 7.19. The zero-order valence-electron chi connectivity index (χ0n) is 15.8. The molecule has 1 N–H and O–H groups in total. The Morgan fingerprint density at radius 1 is 1.07 bits per heavy atom. The van der Waals surface area contributed by atoms with E-state index >= 15 is 0 Å². The van der Waals surface area contributed by atoms with Crippen LogP contribution in [0.25, 0.3) is 0 Å². The number of rotatable bonds is 8. The number of carbonyl (C=O) groups is 2. The van der Waals surface area contributed by atoms with Crippen LogP contribution in [0.15, 0.2) is 60.7 Å². The molecule has 1 amide bonds. The number of carbonyl (C=O) groups excluding carboxylic acids is 2. The maximum atomic E-state index is 12.3. The van der Waals surface area contributed by atoms with Crippen LogP contribution < -0.4 is 10.1 Å². The van der Waals surface area contributed by atoms with Crippen molar-refractivity contribution in [2.75, 3.05) is 18.5 Å².